The van der Waals surface area contributed by atoms with E-state index in [0.717, 1.165) is 42.6 Å². The van der Waals surface area contributed by atoms with Crippen LogP contribution in [0, 0.1) is 11.3 Å². The minimum absolute atomic E-state index is 0.0349. The zero-order chi connectivity index (χ0) is 19.1. The lowest BCUT2D eigenvalue weighted by molar-refractivity contribution is -0.119. The Morgan fingerprint density at radius 2 is 1.81 bits per heavy atom. The summed E-state index contributed by atoms with van der Waals surface area (Å²) in [6.07, 6.45) is 0.323. The lowest BCUT2D eigenvalue weighted by atomic mass is 10.2. The van der Waals surface area contributed by atoms with Crippen molar-refractivity contribution in [1.82, 2.24) is 4.90 Å². The summed E-state index contributed by atoms with van der Waals surface area (Å²) in [6.45, 7) is 4.14. The quantitative estimate of drug-likeness (QED) is 0.768. The molecule has 1 heterocycles. The first-order chi connectivity index (χ1) is 13.2. The summed E-state index contributed by atoms with van der Waals surface area (Å²) in [5, 5.41) is 9.65. The minimum Gasteiger partial charge on any atom is -0.369 e. The molecule has 0 atom stereocenters. The van der Waals surface area contributed by atoms with E-state index in [1.54, 1.807) is 4.90 Å². The molecule has 2 aromatic carbocycles. The molecular formula is C21H23ClN4O. The predicted octanol–water partition coefficient (Wildman–Crippen LogP) is 3.41. The highest BCUT2D eigenvalue weighted by atomic mass is 35.5. The van der Waals surface area contributed by atoms with Gasteiger partial charge in [0.25, 0.3) is 0 Å². The molecule has 27 heavy (non-hydrogen) atoms. The second kappa shape index (κ2) is 9.40. The van der Waals surface area contributed by atoms with E-state index in [9.17, 15) is 4.79 Å². The van der Waals surface area contributed by atoms with Gasteiger partial charge in [0.2, 0.25) is 5.91 Å². The number of rotatable bonds is 6. The molecule has 140 valence electrons. The fourth-order valence-electron chi connectivity index (χ4n) is 3.28. The van der Waals surface area contributed by atoms with Gasteiger partial charge in [0.15, 0.2) is 0 Å². The van der Waals surface area contributed by atoms with Crippen LogP contribution in [-0.4, -0.2) is 50.1 Å². The smallest absolute Gasteiger partial charge is 0.241 e. The van der Waals surface area contributed by atoms with Crippen molar-refractivity contribution < 1.29 is 4.79 Å². The van der Waals surface area contributed by atoms with Crippen LogP contribution in [0.4, 0.5) is 11.4 Å². The molecule has 1 fully saturated rings. The first-order valence-electron chi connectivity index (χ1n) is 9.12. The lowest BCUT2D eigenvalue weighted by Crippen LogP contribution is -2.50. The van der Waals surface area contributed by atoms with Crippen molar-refractivity contribution in [1.29, 1.82) is 5.26 Å². The SMILES string of the molecule is N#CCCN(C(=O)CN1CCN(c2cccc(Cl)c2)CC1)c1ccccc1. The average molecular weight is 383 g/mol. The van der Waals surface area contributed by atoms with Crippen LogP contribution in [0.2, 0.25) is 5.02 Å². The molecule has 0 saturated carbocycles. The van der Waals surface area contributed by atoms with Crippen LogP contribution in [0.3, 0.4) is 0 Å². The standard InChI is InChI=1S/C21H23ClN4O/c22-18-6-4-9-20(16-18)25-14-12-24(13-15-25)17-21(27)26(11-5-10-23)19-7-2-1-3-8-19/h1-4,6-9,16H,5,11-15,17H2. The summed E-state index contributed by atoms with van der Waals surface area (Å²) in [5.74, 6) is 0.0349. The maximum Gasteiger partial charge on any atom is 0.241 e. The first kappa shape index (κ1) is 19.2. The summed E-state index contributed by atoms with van der Waals surface area (Å²) in [6, 6.07) is 19.6. The predicted molar refractivity (Wildman–Crippen MR) is 109 cm³/mol. The number of carbonyl (C=O) groups excluding carboxylic acids is 1. The molecule has 6 heteroatoms. The second-order valence-corrected chi connectivity index (χ2v) is 6.97. The Kier molecular flexibility index (Phi) is 6.69. The van der Waals surface area contributed by atoms with Crippen molar-refractivity contribution in [2.24, 2.45) is 0 Å². The third-order valence-electron chi connectivity index (χ3n) is 4.72. The van der Waals surface area contributed by atoms with Gasteiger partial charge in [0.1, 0.15) is 0 Å². The van der Waals surface area contributed by atoms with E-state index in [-0.39, 0.29) is 5.91 Å². The van der Waals surface area contributed by atoms with Crippen molar-refractivity contribution in [2.45, 2.75) is 6.42 Å². The van der Waals surface area contributed by atoms with Crippen LogP contribution in [0.15, 0.2) is 54.6 Å². The summed E-state index contributed by atoms with van der Waals surface area (Å²) < 4.78 is 0. The molecule has 0 N–H and O–H groups in total. The summed E-state index contributed by atoms with van der Waals surface area (Å²) in [4.78, 5) is 19.0. The van der Waals surface area contributed by atoms with Gasteiger partial charge in [-0.25, -0.2) is 0 Å². The first-order valence-corrected chi connectivity index (χ1v) is 9.50. The summed E-state index contributed by atoms with van der Waals surface area (Å²) >= 11 is 6.09. The number of benzene rings is 2. The van der Waals surface area contributed by atoms with E-state index in [1.165, 1.54) is 0 Å². The molecule has 0 unspecified atom stereocenters. The van der Waals surface area contributed by atoms with Gasteiger partial charge in [-0.1, -0.05) is 35.9 Å². The Hall–Kier alpha value is -2.55. The van der Waals surface area contributed by atoms with Gasteiger partial charge in [-0.05, 0) is 30.3 Å². The Labute approximate surface area is 165 Å². The highest BCUT2D eigenvalue weighted by Crippen LogP contribution is 2.21. The molecule has 1 amide bonds. The van der Waals surface area contributed by atoms with Gasteiger partial charge in [-0.15, -0.1) is 0 Å². The molecule has 5 nitrogen and oxygen atoms in total. The number of carbonyl (C=O) groups is 1. The fraction of sp³-hybridized carbons (Fsp3) is 0.333. The molecule has 3 rings (SSSR count). The van der Waals surface area contributed by atoms with Crippen molar-refractivity contribution >= 4 is 28.9 Å². The van der Waals surface area contributed by atoms with Gasteiger partial charge >= 0.3 is 0 Å². The highest BCUT2D eigenvalue weighted by molar-refractivity contribution is 6.30. The molecule has 1 aliphatic rings. The van der Waals surface area contributed by atoms with Crippen LogP contribution < -0.4 is 9.80 Å². The number of hydrogen-bond acceptors (Lipinski definition) is 4. The summed E-state index contributed by atoms with van der Waals surface area (Å²) in [7, 11) is 0. The maximum absolute atomic E-state index is 12.9. The van der Waals surface area contributed by atoms with Crippen LogP contribution >= 0.6 is 11.6 Å². The van der Waals surface area contributed by atoms with E-state index in [4.69, 9.17) is 16.9 Å². The number of nitrogens with zero attached hydrogens (tertiary/aromatic N) is 4. The molecule has 0 radical (unpaired) electrons. The average Bonchev–Trinajstić information content (AvgIpc) is 2.70. The van der Waals surface area contributed by atoms with Crippen molar-refractivity contribution in [3.05, 3.63) is 59.6 Å². The topological polar surface area (TPSA) is 50.6 Å². The molecule has 0 aliphatic carbocycles. The zero-order valence-corrected chi connectivity index (χ0v) is 16.0. The summed E-state index contributed by atoms with van der Waals surface area (Å²) in [5.41, 5.74) is 1.96. The van der Waals surface area contributed by atoms with Crippen LogP contribution in [-0.2, 0) is 4.79 Å². The van der Waals surface area contributed by atoms with E-state index in [0.29, 0.717) is 19.5 Å². The van der Waals surface area contributed by atoms with Crippen LogP contribution in [0.1, 0.15) is 6.42 Å². The van der Waals surface area contributed by atoms with Gasteiger partial charge < -0.3 is 9.80 Å². The largest absolute Gasteiger partial charge is 0.369 e. The Balaban J connectivity index is 1.58. The second-order valence-electron chi connectivity index (χ2n) is 6.53. The monoisotopic (exact) mass is 382 g/mol. The molecule has 0 bridgehead atoms. The molecule has 1 saturated heterocycles. The van der Waals surface area contributed by atoms with Crippen molar-refractivity contribution in [2.75, 3.05) is 49.1 Å². The van der Waals surface area contributed by atoms with Crippen molar-refractivity contribution in [3.8, 4) is 6.07 Å². The van der Waals surface area contributed by atoms with Gasteiger partial charge in [-0.2, -0.15) is 5.26 Å². The van der Waals surface area contributed by atoms with Gasteiger partial charge in [0, 0.05) is 49.1 Å². The molecule has 2 aromatic rings. The number of amides is 1. The van der Waals surface area contributed by atoms with E-state index >= 15 is 0 Å². The van der Waals surface area contributed by atoms with Gasteiger partial charge in [-0.3, -0.25) is 9.69 Å². The highest BCUT2D eigenvalue weighted by Gasteiger charge is 2.22. The normalized spacial score (nSPS) is 14.6. The molecule has 0 aromatic heterocycles. The molecule has 0 spiro atoms. The Morgan fingerprint density at radius 1 is 1.07 bits per heavy atom. The number of para-hydroxylation sites is 1. The Bertz CT molecular complexity index is 797. The minimum atomic E-state index is 0.0349. The third kappa shape index (κ3) is 5.22. The Morgan fingerprint density at radius 3 is 2.48 bits per heavy atom. The van der Waals surface area contributed by atoms with Crippen LogP contribution in [0.25, 0.3) is 0 Å². The lowest BCUT2D eigenvalue weighted by Gasteiger charge is -2.36. The molecular weight excluding hydrogens is 360 g/mol. The zero-order valence-electron chi connectivity index (χ0n) is 15.2. The number of piperazine rings is 1. The third-order valence-corrected chi connectivity index (χ3v) is 4.96. The van der Waals surface area contributed by atoms with Crippen LogP contribution in [0.5, 0.6) is 0 Å². The number of hydrogen-bond donors (Lipinski definition) is 0. The molecule has 1 aliphatic heterocycles. The van der Waals surface area contributed by atoms with E-state index in [1.807, 2.05) is 48.5 Å². The number of halogens is 1. The van der Waals surface area contributed by atoms with Gasteiger partial charge in [0.05, 0.1) is 19.0 Å². The number of anilines is 2. The fourth-order valence-corrected chi connectivity index (χ4v) is 3.47. The number of nitriles is 1. The van der Waals surface area contributed by atoms with E-state index < -0.39 is 0 Å². The van der Waals surface area contributed by atoms with E-state index in [2.05, 4.69) is 21.9 Å². The van der Waals surface area contributed by atoms with Crippen molar-refractivity contribution in [3.63, 3.8) is 0 Å². The maximum atomic E-state index is 12.9.